The number of halogens is 1. The standard InChI is InChI=1S/C18H16ClNO9S/c1-10-2-4-12(5-3-10)30(25,26)28-9-11-8-27-15-7-14(19)17(20(23)24)13(6-16(21)22)18(15)29-11/h2-5,7,11H,6,8-9H2,1H3,(H,21,22)/t11-/m1/s1. The molecule has 0 bridgehead atoms. The van der Waals surface area contributed by atoms with E-state index < -0.39 is 45.8 Å². The van der Waals surface area contributed by atoms with Crippen molar-refractivity contribution in [2.45, 2.75) is 24.3 Å². The number of ether oxygens (including phenoxy) is 2. The molecule has 0 fully saturated rings. The highest BCUT2D eigenvalue weighted by molar-refractivity contribution is 7.86. The maximum atomic E-state index is 12.3. The SMILES string of the molecule is Cc1ccc(S(=O)(=O)OC[C@H]2COc3cc(Cl)c([N+](=O)[O-])c(CC(=O)O)c3O2)cc1. The average molecular weight is 458 g/mol. The molecule has 1 aliphatic rings. The van der Waals surface area contributed by atoms with Crippen molar-refractivity contribution in [1.29, 1.82) is 0 Å². The monoisotopic (exact) mass is 457 g/mol. The van der Waals surface area contributed by atoms with Gasteiger partial charge in [-0.15, -0.1) is 0 Å². The number of fused-ring (bicyclic) bond motifs is 1. The summed E-state index contributed by atoms with van der Waals surface area (Å²) in [6, 6.07) is 7.19. The number of hydrogen-bond acceptors (Lipinski definition) is 8. The fourth-order valence-corrected chi connectivity index (χ4v) is 4.02. The molecule has 3 rings (SSSR count). The van der Waals surface area contributed by atoms with Crippen LogP contribution in [0.1, 0.15) is 11.1 Å². The highest BCUT2D eigenvalue weighted by Crippen LogP contribution is 2.45. The lowest BCUT2D eigenvalue weighted by Gasteiger charge is -2.27. The summed E-state index contributed by atoms with van der Waals surface area (Å²) < 4.78 is 40.8. The Morgan fingerprint density at radius 2 is 2.03 bits per heavy atom. The third-order valence-corrected chi connectivity index (χ3v) is 5.79. The van der Waals surface area contributed by atoms with Gasteiger partial charge in [0.2, 0.25) is 0 Å². The summed E-state index contributed by atoms with van der Waals surface area (Å²) in [6.45, 7) is 1.23. The first kappa shape index (κ1) is 21.8. The molecule has 1 atom stereocenters. The molecular weight excluding hydrogens is 442 g/mol. The first-order valence-corrected chi connectivity index (χ1v) is 10.3. The van der Waals surface area contributed by atoms with E-state index in [9.17, 15) is 23.3 Å². The Labute approximate surface area is 176 Å². The minimum atomic E-state index is -4.07. The maximum Gasteiger partial charge on any atom is 0.308 e. The number of carbonyl (C=O) groups is 1. The predicted molar refractivity (Wildman–Crippen MR) is 104 cm³/mol. The van der Waals surface area contributed by atoms with Crippen molar-refractivity contribution < 1.29 is 36.9 Å². The lowest BCUT2D eigenvalue weighted by Crippen LogP contribution is -2.35. The topological polar surface area (TPSA) is 142 Å². The Bertz CT molecular complexity index is 1100. The Morgan fingerprint density at radius 1 is 1.37 bits per heavy atom. The van der Waals surface area contributed by atoms with Gasteiger partial charge >= 0.3 is 5.97 Å². The molecule has 10 nitrogen and oxygen atoms in total. The van der Waals surface area contributed by atoms with Crippen molar-refractivity contribution in [2.24, 2.45) is 0 Å². The minimum absolute atomic E-state index is 0.0273. The number of carboxylic acid groups (broad SMARTS) is 1. The van der Waals surface area contributed by atoms with E-state index in [0.29, 0.717) is 0 Å². The minimum Gasteiger partial charge on any atom is -0.486 e. The maximum absolute atomic E-state index is 12.3. The van der Waals surface area contributed by atoms with Crippen molar-refractivity contribution >= 4 is 33.4 Å². The lowest BCUT2D eigenvalue weighted by molar-refractivity contribution is -0.385. The number of aryl methyl sites for hydroxylation is 1. The van der Waals surface area contributed by atoms with Gasteiger partial charge in [-0.1, -0.05) is 29.3 Å². The molecule has 0 amide bonds. The Morgan fingerprint density at radius 3 is 2.63 bits per heavy atom. The van der Waals surface area contributed by atoms with E-state index >= 15 is 0 Å². The summed E-state index contributed by atoms with van der Waals surface area (Å²) in [7, 11) is -4.07. The number of nitrogens with zero attached hydrogens (tertiary/aromatic N) is 1. The van der Waals surface area contributed by atoms with E-state index in [4.69, 9.17) is 30.4 Å². The zero-order valence-electron chi connectivity index (χ0n) is 15.5. The van der Waals surface area contributed by atoms with Crippen LogP contribution in [0.15, 0.2) is 35.2 Å². The molecule has 0 unspecified atom stereocenters. The summed E-state index contributed by atoms with van der Waals surface area (Å²) in [5.41, 5.74) is -0.0165. The van der Waals surface area contributed by atoms with Gasteiger partial charge < -0.3 is 14.6 Å². The van der Waals surface area contributed by atoms with E-state index in [1.54, 1.807) is 12.1 Å². The van der Waals surface area contributed by atoms with E-state index in [2.05, 4.69) is 0 Å². The van der Waals surface area contributed by atoms with Crippen LogP contribution in [0.3, 0.4) is 0 Å². The Balaban J connectivity index is 1.84. The lowest BCUT2D eigenvalue weighted by atomic mass is 10.1. The van der Waals surface area contributed by atoms with Gasteiger partial charge in [-0.25, -0.2) is 0 Å². The molecule has 0 saturated heterocycles. The second-order valence-corrected chi connectivity index (χ2v) is 8.47. The Hall–Kier alpha value is -2.89. The smallest absolute Gasteiger partial charge is 0.308 e. The van der Waals surface area contributed by atoms with Crippen LogP contribution in [-0.2, 0) is 25.5 Å². The molecule has 0 saturated carbocycles. The van der Waals surface area contributed by atoms with Crippen LogP contribution in [0, 0.1) is 17.0 Å². The van der Waals surface area contributed by atoms with Crippen molar-refractivity contribution in [1.82, 2.24) is 0 Å². The number of benzene rings is 2. The molecule has 0 spiro atoms. The van der Waals surface area contributed by atoms with E-state index in [-0.39, 0.29) is 33.6 Å². The van der Waals surface area contributed by atoms with Gasteiger partial charge in [0.25, 0.3) is 15.8 Å². The third kappa shape index (κ3) is 4.64. The third-order valence-electron chi connectivity index (χ3n) is 4.21. The molecule has 30 heavy (non-hydrogen) atoms. The molecular formula is C18H16ClNO9S. The number of nitro benzene ring substituents is 1. The molecule has 0 radical (unpaired) electrons. The largest absolute Gasteiger partial charge is 0.486 e. The molecule has 0 aromatic heterocycles. The first-order chi connectivity index (χ1) is 14.1. The summed E-state index contributed by atoms with van der Waals surface area (Å²) >= 11 is 5.91. The van der Waals surface area contributed by atoms with Crippen LogP contribution < -0.4 is 9.47 Å². The fraction of sp³-hybridized carbons (Fsp3) is 0.278. The summed E-state index contributed by atoms with van der Waals surface area (Å²) in [5, 5.41) is 20.2. The number of aliphatic carboxylic acids is 1. The van der Waals surface area contributed by atoms with Gasteiger partial charge in [0.05, 0.1) is 21.8 Å². The van der Waals surface area contributed by atoms with Crippen LogP contribution in [0.2, 0.25) is 5.02 Å². The van der Waals surface area contributed by atoms with Gasteiger partial charge in [0.1, 0.15) is 18.2 Å². The van der Waals surface area contributed by atoms with Crippen LogP contribution in [0.4, 0.5) is 5.69 Å². The van der Waals surface area contributed by atoms with Crippen LogP contribution in [-0.4, -0.2) is 43.7 Å². The molecule has 1 N–H and O–H groups in total. The molecule has 160 valence electrons. The molecule has 1 heterocycles. The molecule has 2 aromatic rings. The van der Waals surface area contributed by atoms with E-state index in [0.717, 1.165) is 11.6 Å². The van der Waals surface area contributed by atoms with E-state index in [1.165, 1.54) is 12.1 Å². The van der Waals surface area contributed by atoms with Crippen molar-refractivity contribution in [2.75, 3.05) is 13.2 Å². The zero-order chi connectivity index (χ0) is 22.1. The van der Waals surface area contributed by atoms with Gasteiger partial charge in [0.15, 0.2) is 17.6 Å². The average Bonchev–Trinajstić information content (AvgIpc) is 2.66. The normalized spacial score (nSPS) is 15.6. The second kappa shape index (κ2) is 8.46. The summed E-state index contributed by atoms with van der Waals surface area (Å²) in [5.74, 6) is -1.49. The van der Waals surface area contributed by atoms with Crippen LogP contribution in [0.5, 0.6) is 11.5 Å². The summed E-state index contributed by atoms with van der Waals surface area (Å²) in [6.07, 6.45) is -1.69. The number of carboxylic acids is 1. The first-order valence-electron chi connectivity index (χ1n) is 8.55. The highest BCUT2D eigenvalue weighted by Gasteiger charge is 2.34. The van der Waals surface area contributed by atoms with Gasteiger partial charge in [0, 0.05) is 6.07 Å². The quantitative estimate of drug-likeness (QED) is 0.377. The van der Waals surface area contributed by atoms with Gasteiger partial charge in [-0.05, 0) is 19.1 Å². The molecule has 0 aliphatic carbocycles. The number of rotatable bonds is 7. The molecule has 1 aliphatic heterocycles. The van der Waals surface area contributed by atoms with Crippen molar-refractivity contribution in [3.63, 3.8) is 0 Å². The fourth-order valence-electron chi connectivity index (χ4n) is 2.80. The number of hydrogen-bond donors (Lipinski definition) is 1. The van der Waals surface area contributed by atoms with E-state index in [1.807, 2.05) is 6.92 Å². The second-order valence-electron chi connectivity index (χ2n) is 6.44. The van der Waals surface area contributed by atoms with Crippen LogP contribution in [0.25, 0.3) is 0 Å². The van der Waals surface area contributed by atoms with Gasteiger partial charge in [-0.3, -0.25) is 19.1 Å². The zero-order valence-corrected chi connectivity index (χ0v) is 17.1. The molecule has 2 aromatic carbocycles. The Kier molecular flexibility index (Phi) is 6.15. The summed E-state index contributed by atoms with van der Waals surface area (Å²) in [4.78, 5) is 21.7. The highest BCUT2D eigenvalue weighted by atomic mass is 35.5. The predicted octanol–water partition coefficient (Wildman–Crippen LogP) is 2.73. The van der Waals surface area contributed by atoms with Crippen molar-refractivity contribution in [3.05, 3.63) is 56.6 Å². The number of nitro groups is 1. The van der Waals surface area contributed by atoms with Crippen molar-refractivity contribution in [3.8, 4) is 11.5 Å². The molecule has 12 heteroatoms. The van der Waals surface area contributed by atoms with Crippen LogP contribution >= 0.6 is 11.6 Å². The van der Waals surface area contributed by atoms with Gasteiger partial charge in [-0.2, -0.15) is 8.42 Å².